The molecule has 3 aromatic heterocycles. The number of imidazole rings is 1. The standard InChI is InChI=1S/C20H22N4OS2/c1-10(2)24-15-9-7-6-8-14(15)21-20(24)27-13(5)17-22-18(25)16-11(3)12(4)26-19(16)23-17/h6-10,13H,1-5H3,(H,22,23,25)/t13-/m1/s1. The Morgan fingerprint density at radius 1 is 1.15 bits per heavy atom. The number of para-hydroxylation sites is 2. The van der Waals surface area contributed by atoms with Crippen molar-refractivity contribution in [1.82, 2.24) is 19.5 Å². The van der Waals surface area contributed by atoms with Gasteiger partial charge < -0.3 is 9.55 Å². The van der Waals surface area contributed by atoms with Crippen molar-refractivity contribution in [3.63, 3.8) is 0 Å². The molecular formula is C20H22N4OS2. The van der Waals surface area contributed by atoms with Gasteiger partial charge in [0.15, 0.2) is 5.16 Å². The van der Waals surface area contributed by atoms with Crippen LogP contribution in [-0.2, 0) is 0 Å². The molecule has 0 fully saturated rings. The molecule has 1 atom stereocenters. The molecule has 0 aliphatic rings. The lowest BCUT2D eigenvalue weighted by molar-refractivity contribution is 0.565. The summed E-state index contributed by atoms with van der Waals surface area (Å²) in [5, 5.41) is 1.65. The van der Waals surface area contributed by atoms with Crippen molar-refractivity contribution in [3.8, 4) is 0 Å². The summed E-state index contributed by atoms with van der Waals surface area (Å²) in [6.45, 7) is 10.4. The molecule has 0 aliphatic heterocycles. The van der Waals surface area contributed by atoms with E-state index in [1.165, 1.54) is 0 Å². The Balaban J connectivity index is 1.76. The molecule has 3 heterocycles. The lowest BCUT2D eigenvalue weighted by Gasteiger charge is -2.15. The normalized spacial score (nSPS) is 13.1. The second kappa shape index (κ2) is 6.80. The number of rotatable bonds is 4. The second-order valence-corrected chi connectivity index (χ2v) is 9.53. The molecule has 4 rings (SSSR count). The molecule has 0 radical (unpaired) electrons. The molecule has 0 saturated heterocycles. The first-order valence-electron chi connectivity index (χ1n) is 9.00. The monoisotopic (exact) mass is 398 g/mol. The zero-order valence-electron chi connectivity index (χ0n) is 16.0. The Morgan fingerprint density at radius 2 is 1.89 bits per heavy atom. The summed E-state index contributed by atoms with van der Waals surface area (Å²) >= 11 is 3.21. The molecule has 1 N–H and O–H groups in total. The fraction of sp³-hybridized carbons (Fsp3) is 0.350. The van der Waals surface area contributed by atoms with Crippen molar-refractivity contribution in [2.45, 2.75) is 51.1 Å². The lowest BCUT2D eigenvalue weighted by Crippen LogP contribution is -2.13. The number of thiophene rings is 1. The van der Waals surface area contributed by atoms with Crippen LogP contribution in [0.1, 0.15) is 48.3 Å². The summed E-state index contributed by atoms with van der Waals surface area (Å²) in [5.74, 6) is 0.695. The predicted octanol–water partition coefficient (Wildman–Crippen LogP) is 5.39. The fourth-order valence-electron chi connectivity index (χ4n) is 3.28. The highest BCUT2D eigenvalue weighted by molar-refractivity contribution is 7.99. The molecule has 140 valence electrons. The van der Waals surface area contributed by atoms with Crippen LogP contribution in [0.3, 0.4) is 0 Å². The quantitative estimate of drug-likeness (QED) is 0.468. The van der Waals surface area contributed by atoms with Crippen LogP contribution in [0.15, 0.2) is 34.2 Å². The number of H-pyrrole nitrogens is 1. The maximum absolute atomic E-state index is 12.6. The Labute approximate surface area is 165 Å². The van der Waals surface area contributed by atoms with Crippen LogP contribution in [-0.4, -0.2) is 19.5 Å². The minimum atomic E-state index is -0.0540. The number of fused-ring (bicyclic) bond motifs is 2. The van der Waals surface area contributed by atoms with Gasteiger partial charge in [0.2, 0.25) is 0 Å². The summed E-state index contributed by atoms with van der Waals surface area (Å²) in [6, 6.07) is 8.47. The van der Waals surface area contributed by atoms with E-state index in [0.717, 1.165) is 31.5 Å². The van der Waals surface area contributed by atoms with E-state index in [9.17, 15) is 4.79 Å². The van der Waals surface area contributed by atoms with E-state index in [0.29, 0.717) is 17.3 Å². The number of aromatic amines is 1. The molecule has 0 spiro atoms. The van der Waals surface area contributed by atoms with Gasteiger partial charge in [-0.1, -0.05) is 23.9 Å². The van der Waals surface area contributed by atoms with Gasteiger partial charge in [-0.05, 0) is 52.3 Å². The molecule has 27 heavy (non-hydrogen) atoms. The zero-order valence-corrected chi connectivity index (χ0v) is 17.7. The maximum Gasteiger partial charge on any atom is 0.259 e. The number of benzene rings is 1. The second-order valence-electron chi connectivity index (χ2n) is 7.02. The summed E-state index contributed by atoms with van der Waals surface area (Å²) in [4.78, 5) is 27.1. The van der Waals surface area contributed by atoms with Gasteiger partial charge in [-0.2, -0.15) is 0 Å². The fourth-order valence-corrected chi connectivity index (χ4v) is 5.43. The van der Waals surface area contributed by atoms with E-state index < -0.39 is 0 Å². The number of hydrogen-bond donors (Lipinski definition) is 1. The van der Waals surface area contributed by atoms with Crippen LogP contribution in [0.4, 0.5) is 0 Å². The molecular weight excluding hydrogens is 376 g/mol. The first-order chi connectivity index (χ1) is 12.9. The van der Waals surface area contributed by atoms with Gasteiger partial charge >= 0.3 is 0 Å². The Bertz CT molecular complexity index is 1200. The van der Waals surface area contributed by atoms with E-state index in [1.54, 1.807) is 23.1 Å². The maximum atomic E-state index is 12.6. The molecule has 4 aromatic rings. The van der Waals surface area contributed by atoms with Gasteiger partial charge in [0.05, 0.1) is 21.7 Å². The minimum absolute atomic E-state index is 0.0147. The van der Waals surface area contributed by atoms with E-state index in [4.69, 9.17) is 9.97 Å². The average molecular weight is 399 g/mol. The number of aromatic nitrogens is 4. The van der Waals surface area contributed by atoms with Crippen LogP contribution >= 0.6 is 23.1 Å². The van der Waals surface area contributed by atoms with Gasteiger partial charge in [-0.25, -0.2) is 9.97 Å². The highest BCUT2D eigenvalue weighted by atomic mass is 32.2. The first-order valence-corrected chi connectivity index (χ1v) is 10.7. The third kappa shape index (κ3) is 3.08. The molecule has 5 nitrogen and oxygen atoms in total. The molecule has 0 aliphatic carbocycles. The summed E-state index contributed by atoms with van der Waals surface area (Å²) in [7, 11) is 0. The zero-order chi connectivity index (χ0) is 19.3. The van der Waals surface area contributed by atoms with E-state index in [2.05, 4.69) is 36.4 Å². The van der Waals surface area contributed by atoms with Crippen molar-refractivity contribution >= 4 is 44.3 Å². The van der Waals surface area contributed by atoms with E-state index in [-0.39, 0.29) is 10.8 Å². The Hall–Kier alpha value is -2.12. The molecule has 7 heteroatoms. The van der Waals surface area contributed by atoms with Crippen molar-refractivity contribution in [2.24, 2.45) is 0 Å². The highest BCUT2D eigenvalue weighted by Gasteiger charge is 2.20. The van der Waals surface area contributed by atoms with Crippen LogP contribution < -0.4 is 5.56 Å². The van der Waals surface area contributed by atoms with Crippen LogP contribution in [0.5, 0.6) is 0 Å². The van der Waals surface area contributed by atoms with Gasteiger partial charge in [0.25, 0.3) is 5.56 Å². The molecule has 0 bridgehead atoms. The molecule has 0 saturated carbocycles. The van der Waals surface area contributed by atoms with Gasteiger partial charge in [0, 0.05) is 10.9 Å². The molecule has 1 aromatic carbocycles. The summed E-state index contributed by atoms with van der Waals surface area (Å²) in [5.41, 5.74) is 3.09. The number of nitrogens with zero attached hydrogens (tertiary/aromatic N) is 3. The van der Waals surface area contributed by atoms with E-state index >= 15 is 0 Å². The smallest absolute Gasteiger partial charge is 0.259 e. The number of hydrogen-bond acceptors (Lipinski definition) is 5. The van der Waals surface area contributed by atoms with Crippen LogP contribution in [0.25, 0.3) is 21.3 Å². The SMILES string of the molecule is Cc1sc2nc([C@@H](C)Sc3nc4ccccc4n3C(C)C)[nH]c(=O)c2c1C. The minimum Gasteiger partial charge on any atom is -0.316 e. The highest BCUT2D eigenvalue weighted by Crippen LogP contribution is 2.37. The predicted molar refractivity (Wildman–Crippen MR) is 114 cm³/mol. The van der Waals surface area contributed by atoms with Gasteiger partial charge in [-0.3, -0.25) is 4.79 Å². The largest absolute Gasteiger partial charge is 0.316 e. The number of thioether (sulfide) groups is 1. The molecule has 0 unspecified atom stereocenters. The van der Waals surface area contributed by atoms with Gasteiger partial charge in [0.1, 0.15) is 10.7 Å². The van der Waals surface area contributed by atoms with Crippen LogP contribution in [0, 0.1) is 13.8 Å². The molecule has 0 amide bonds. The van der Waals surface area contributed by atoms with Crippen molar-refractivity contribution < 1.29 is 0 Å². The number of nitrogens with one attached hydrogen (secondary N) is 1. The van der Waals surface area contributed by atoms with E-state index in [1.807, 2.05) is 32.0 Å². The topological polar surface area (TPSA) is 63.6 Å². The Morgan fingerprint density at radius 3 is 2.63 bits per heavy atom. The average Bonchev–Trinajstić information content (AvgIpc) is 3.12. The lowest BCUT2D eigenvalue weighted by atomic mass is 10.2. The van der Waals surface area contributed by atoms with Crippen LogP contribution in [0.2, 0.25) is 0 Å². The van der Waals surface area contributed by atoms with Gasteiger partial charge in [-0.15, -0.1) is 11.3 Å². The van der Waals surface area contributed by atoms with Crippen molar-refractivity contribution in [2.75, 3.05) is 0 Å². The summed E-state index contributed by atoms with van der Waals surface area (Å²) in [6.07, 6.45) is 0. The van der Waals surface area contributed by atoms with Crippen molar-refractivity contribution in [1.29, 1.82) is 0 Å². The Kier molecular flexibility index (Phi) is 4.60. The number of aryl methyl sites for hydroxylation is 2. The van der Waals surface area contributed by atoms with Crippen molar-refractivity contribution in [3.05, 3.63) is 50.9 Å². The summed E-state index contributed by atoms with van der Waals surface area (Å²) < 4.78 is 2.24. The first kappa shape index (κ1) is 18.3. The third-order valence-corrected chi connectivity index (χ3v) is 6.98. The third-order valence-electron chi connectivity index (χ3n) is 4.80.